The third-order valence-corrected chi connectivity index (χ3v) is 5.04. The minimum Gasteiger partial charge on any atom is -0.444 e. The Morgan fingerprint density at radius 1 is 1.28 bits per heavy atom. The van der Waals surface area contributed by atoms with Crippen molar-refractivity contribution in [1.29, 1.82) is 0 Å². The van der Waals surface area contributed by atoms with E-state index in [-0.39, 0.29) is 6.09 Å². The predicted octanol–water partition coefficient (Wildman–Crippen LogP) is 5.10. The quantitative estimate of drug-likeness (QED) is 0.423. The molecular weight excluding hydrogens is 381 g/mol. The third kappa shape index (κ3) is 8.84. The molecule has 25 heavy (non-hydrogen) atoms. The maximum atomic E-state index is 12.4. The molecule has 0 aromatic heterocycles. The summed E-state index contributed by atoms with van der Waals surface area (Å²) in [7, 11) is 0. The Morgan fingerprint density at radius 2 is 2.00 bits per heavy atom. The highest BCUT2D eigenvalue weighted by Gasteiger charge is 2.22. The standard InChI is InChI=1S/C18H25Cl2NO3S/c1-18(2,3)24-17(23)21(9-5-12-25-13-11-22)10-8-14-6-4-7-15(19)16(14)20/h4,6-7,11H,5,8-10,12-13H2,1-3H3. The van der Waals surface area contributed by atoms with Crippen LogP contribution in [0.5, 0.6) is 0 Å². The van der Waals surface area contributed by atoms with Crippen LogP contribution in [0.25, 0.3) is 0 Å². The summed E-state index contributed by atoms with van der Waals surface area (Å²) in [5.41, 5.74) is 0.355. The van der Waals surface area contributed by atoms with E-state index in [4.69, 9.17) is 27.9 Å². The lowest BCUT2D eigenvalue weighted by Crippen LogP contribution is -2.38. The van der Waals surface area contributed by atoms with Crippen LogP contribution in [0.4, 0.5) is 4.79 Å². The van der Waals surface area contributed by atoms with E-state index in [9.17, 15) is 9.59 Å². The van der Waals surface area contributed by atoms with Crippen LogP contribution < -0.4 is 0 Å². The van der Waals surface area contributed by atoms with Crippen molar-refractivity contribution >= 4 is 47.3 Å². The van der Waals surface area contributed by atoms with Crippen molar-refractivity contribution in [1.82, 2.24) is 4.90 Å². The molecule has 0 bridgehead atoms. The van der Waals surface area contributed by atoms with Gasteiger partial charge in [0.2, 0.25) is 0 Å². The monoisotopic (exact) mass is 405 g/mol. The van der Waals surface area contributed by atoms with Crippen LogP contribution in [0.2, 0.25) is 10.0 Å². The van der Waals surface area contributed by atoms with E-state index in [1.807, 2.05) is 32.9 Å². The molecule has 0 aliphatic heterocycles. The Hall–Kier alpha value is -0.910. The molecule has 0 saturated heterocycles. The van der Waals surface area contributed by atoms with E-state index >= 15 is 0 Å². The number of benzene rings is 1. The van der Waals surface area contributed by atoms with E-state index in [2.05, 4.69) is 0 Å². The number of thioether (sulfide) groups is 1. The summed E-state index contributed by atoms with van der Waals surface area (Å²) in [6.45, 7) is 6.59. The second-order valence-corrected chi connectivity index (χ2v) is 8.46. The summed E-state index contributed by atoms with van der Waals surface area (Å²) >= 11 is 13.8. The number of carbonyl (C=O) groups is 2. The highest BCUT2D eigenvalue weighted by atomic mass is 35.5. The van der Waals surface area contributed by atoms with Crippen molar-refractivity contribution in [2.75, 3.05) is 24.6 Å². The minimum absolute atomic E-state index is 0.342. The molecule has 0 aliphatic carbocycles. The molecule has 7 heteroatoms. The first kappa shape index (κ1) is 22.1. The van der Waals surface area contributed by atoms with Crippen molar-refractivity contribution in [2.24, 2.45) is 0 Å². The SMILES string of the molecule is CC(C)(C)OC(=O)N(CCCSCC=O)CCc1cccc(Cl)c1Cl. The first-order valence-electron chi connectivity index (χ1n) is 8.17. The fourth-order valence-corrected chi connectivity index (χ4v) is 3.12. The normalized spacial score (nSPS) is 11.2. The Kier molecular flexibility index (Phi) is 9.69. The zero-order valence-electron chi connectivity index (χ0n) is 14.9. The molecule has 0 fully saturated rings. The zero-order valence-corrected chi connectivity index (χ0v) is 17.2. The fraction of sp³-hybridized carbons (Fsp3) is 0.556. The molecule has 0 N–H and O–H groups in total. The van der Waals surface area contributed by atoms with Gasteiger partial charge in [-0.1, -0.05) is 35.3 Å². The number of hydrogen-bond acceptors (Lipinski definition) is 4. The predicted molar refractivity (Wildman–Crippen MR) is 106 cm³/mol. The van der Waals surface area contributed by atoms with Crippen molar-refractivity contribution in [3.05, 3.63) is 33.8 Å². The van der Waals surface area contributed by atoms with E-state index in [1.165, 1.54) is 0 Å². The molecule has 0 radical (unpaired) electrons. The Labute approximate surface area is 164 Å². The number of amides is 1. The highest BCUT2D eigenvalue weighted by molar-refractivity contribution is 7.99. The Morgan fingerprint density at radius 3 is 2.64 bits per heavy atom. The summed E-state index contributed by atoms with van der Waals surface area (Å²) in [6, 6.07) is 5.49. The second-order valence-electron chi connectivity index (χ2n) is 6.53. The number of ether oxygens (including phenoxy) is 1. The van der Waals surface area contributed by atoms with Gasteiger partial charge in [0, 0.05) is 18.8 Å². The lowest BCUT2D eigenvalue weighted by atomic mass is 10.1. The number of nitrogens with zero attached hydrogens (tertiary/aromatic N) is 1. The summed E-state index contributed by atoms with van der Waals surface area (Å²) in [4.78, 5) is 24.5. The molecule has 0 saturated carbocycles. The second kappa shape index (κ2) is 10.9. The largest absolute Gasteiger partial charge is 0.444 e. The van der Waals surface area contributed by atoms with Gasteiger partial charge in [-0.2, -0.15) is 11.8 Å². The summed E-state index contributed by atoms with van der Waals surface area (Å²) < 4.78 is 5.49. The summed E-state index contributed by atoms with van der Waals surface area (Å²) in [5.74, 6) is 1.29. The van der Waals surface area contributed by atoms with Crippen molar-refractivity contribution < 1.29 is 14.3 Å². The average molecular weight is 406 g/mol. The summed E-state index contributed by atoms with van der Waals surface area (Å²) in [6.07, 6.45) is 1.93. The number of halogens is 2. The topological polar surface area (TPSA) is 46.6 Å². The maximum absolute atomic E-state index is 12.4. The lowest BCUT2D eigenvalue weighted by Gasteiger charge is -2.27. The number of rotatable bonds is 9. The molecule has 0 atom stereocenters. The summed E-state index contributed by atoms with van der Waals surface area (Å²) in [5, 5.41) is 1.03. The van der Waals surface area contributed by atoms with Crippen LogP contribution >= 0.6 is 35.0 Å². The number of carbonyl (C=O) groups excluding carboxylic acids is 2. The molecule has 1 amide bonds. The molecule has 1 aromatic rings. The van der Waals surface area contributed by atoms with Crippen molar-refractivity contribution in [2.45, 2.75) is 39.2 Å². The maximum Gasteiger partial charge on any atom is 0.410 e. The van der Waals surface area contributed by atoms with Crippen molar-refractivity contribution in [3.8, 4) is 0 Å². The molecule has 0 spiro atoms. The van der Waals surface area contributed by atoms with E-state index in [0.717, 1.165) is 24.0 Å². The molecular formula is C18H25Cl2NO3S. The van der Waals surface area contributed by atoms with E-state index in [1.54, 1.807) is 22.7 Å². The van der Waals surface area contributed by atoms with Gasteiger partial charge in [-0.25, -0.2) is 4.79 Å². The van der Waals surface area contributed by atoms with Gasteiger partial charge < -0.3 is 14.4 Å². The van der Waals surface area contributed by atoms with Gasteiger partial charge in [0.25, 0.3) is 0 Å². The first-order valence-corrected chi connectivity index (χ1v) is 10.1. The van der Waals surface area contributed by atoms with Crippen LogP contribution in [0.1, 0.15) is 32.8 Å². The molecule has 4 nitrogen and oxygen atoms in total. The first-order chi connectivity index (χ1) is 11.7. The average Bonchev–Trinajstić information content (AvgIpc) is 2.52. The molecule has 1 aromatic carbocycles. The van der Waals surface area contributed by atoms with Gasteiger partial charge in [-0.05, 0) is 51.0 Å². The van der Waals surface area contributed by atoms with Gasteiger partial charge in [-0.15, -0.1) is 0 Å². The van der Waals surface area contributed by atoms with Crippen LogP contribution in [-0.2, 0) is 16.0 Å². The van der Waals surface area contributed by atoms with Crippen molar-refractivity contribution in [3.63, 3.8) is 0 Å². The minimum atomic E-state index is -0.546. The van der Waals surface area contributed by atoms with E-state index < -0.39 is 5.60 Å². The smallest absolute Gasteiger partial charge is 0.410 e. The Balaban J connectivity index is 2.67. The molecule has 0 heterocycles. The molecule has 1 rings (SSSR count). The zero-order chi connectivity index (χ0) is 18.9. The molecule has 0 aliphatic rings. The number of aldehydes is 1. The van der Waals surface area contributed by atoms with Gasteiger partial charge in [-0.3, -0.25) is 0 Å². The van der Waals surface area contributed by atoms with Gasteiger partial charge >= 0.3 is 6.09 Å². The van der Waals surface area contributed by atoms with Gasteiger partial charge in [0.15, 0.2) is 0 Å². The fourth-order valence-electron chi connectivity index (χ4n) is 2.11. The third-order valence-electron chi connectivity index (χ3n) is 3.24. The van der Waals surface area contributed by atoms with Crippen LogP contribution in [0.15, 0.2) is 18.2 Å². The van der Waals surface area contributed by atoms with Crippen LogP contribution in [0.3, 0.4) is 0 Å². The van der Waals surface area contributed by atoms with Crippen LogP contribution in [0, 0.1) is 0 Å². The van der Waals surface area contributed by atoms with Gasteiger partial charge in [0.1, 0.15) is 11.9 Å². The van der Waals surface area contributed by atoms with Crippen LogP contribution in [-0.4, -0.2) is 47.5 Å². The lowest BCUT2D eigenvalue weighted by molar-refractivity contribution is -0.105. The molecule has 0 unspecified atom stereocenters. The highest BCUT2D eigenvalue weighted by Crippen LogP contribution is 2.26. The molecule has 140 valence electrons. The van der Waals surface area contributed by atoms with Gasteiger partial charge in [0.05, 0.1) is 10.0 Å². The number of hydrogen-bond donors (Lipinski definition) is 0. The van der Waals surface area contributed by atoms with E-state index in [0.29, 0.717) is 35.3 Å². The Bertz CT molecular complexity index is 576.